The van der Waals surface area contributed by atoms with E-state index in [4.69, 9.17) is 14.2 Å². The average Bonchev–Trinajstić information content (AvgIpc) is 2.29. The molecule has 0 N–H and O–H groups in total. The predicted octanol–water partition coefficient (Wildman–Crippen LogP) is 1.66. The van der Waals surface area contributed by atoms with E-state index in [1.54, 1.807) is 7.11 Å². The monoisotopic (exact) mass is 223 g/mol. The van der Waals surface area contributed by atoms with E-state index in [9.17, 15) is 0 Å². The van der Waals surface area contributed by atoms with E-state index in [2.05, 4.69) is 0 Å². The van der Waals surface area contributed by atoms with Crippen LogP contribution < -0.4 is 9.47 Å². The molecule has 0 aliphatic carbocycles. The summed E-state index contributed by atoms with van der Waals surface area (Å²) in [5.74, 6) is 1.61. The van der Waals surface area contributed by atoms with Gasteiger partial charge >= 0.3 is 0 Å². The number of rotatable bonds is 3. The average molecular weight is 223 g/mol. The molecule has 1 heterocycles. The van der Waals surface area contributed by atoms with E-state index in [-0.39, 0.29) is 6.23 Å². The fourth-order valence-electron chi connectivity index (χ4n) is 1.86. The summed E-state index contributed by atoms with van der Waals surface area (Å²) in [5.41, 5.74) is 1.07. The largest absolute Gasteiger partial charge is 0.486 e. The van der Waals surface area contributed by atoms with Gasteiger partial charge in [0.15, 0.2) is 11.5 Å². The molecule has 0 radical (unpaired) electrons. The number of nitrogens with zero attached hydrogens (tertiary/aromatic N) is 1. The maximum atomic E-state index is 5.54. The molecule has 1 aliphatic rings. The molecule has 0 bridgehead atoms. The van der Waals surface area contributed by atoms with Crippen molar-refractivity contribution in [3.05, 3.63) is 23.8 Å². The number of hydrogen-bond donors (Lipinski definition) is 0. The van der Waals surface area contributed by atoms with Gasteiger partial charge in [-0.3, -0.25) is 4.90 Å². The molecule has 1 atom stereocenters. The lowest BCUT2D eigenvalue weighted by Gasteiger charge is -2.25. The normalized spacial score (nSPS) is 16.2. The molecule has 1 unspecified atom stereocenters. The molecule has 0 aromatic heterocycles. The van der Waals surface area contributed by atoms with Gasteiger partial charge in [0.25, 0.3) is 0 Å². The third-order valence-electron chi connectivity index (χ3n) is 2.54. The van der Waals surface area contributed by atoms with E-state index < -0.39 is 0 Å². The summed E-state index contributed by atoms with van der Waals surface area (Å²) >= 11 is 0. The first-order valence-corrected chi connectivity index (χ1v) is 5.31. The van der Waals surface area contributed by atoms with Crippen LogP contribution in [0.3, 0.4) is 0 Å². The van der Waals surface area contributed by atoms with Crippen LogP contribution in [0.5, 0.6) is 11.5 Å². The van der Waals surface area contributed by atoms with Gasteiger partial charge in [0.05, 0.1) is 0 Å². The van der Waals surface area contributed by atoms with Crippen LogP contribution in [-0.4, -0.2) is 39.3 Å². The van der Waals surface area contributed by atoms with Crippen molar-refractivity contribution >= 4 is 0 Å². The summed E-state index contributed by atoms with van der Waals surface area (Å²) < 4.78 is 16.4. The minimum absolute atomic E-state index is 0.0594. The van der Waals surface area contributed by atoms with Crippen LogP contribution in [0, 0.1) is 0 Å². The van der Waals surface area contributed by atoms with Gasteiger partial charge in [0.2, 0.25) is 0 Å². The van der Waals surface area contributed by atoms with Crippen LogP contribution in [-0.2, 0) is 4.74 Å². The Morgan fingerprint density at radius 3 is 2.50 bits per heavy atom. The summed E-state index contributed by atoms with van der Waals surface area (Å²) in [7, 11) is 5.65. The minimum Gasteiger partial charge on any atom is -0.486 e. The predicted molar refractivity (Wildman–Crippen MR) is 60.9 cm³/mol. The first kappa shape index (κ1) is 11.2. The first-order chi connectivity index (χ1) is 7.72. The maximum Gasteiger partial charge on any atom is 0.161 e. The molecule has 4 heteroatoms. The molecule has 0 saturated heterocycles. The minimum atomic E-state index is -0.0594. The van der Waals surface area contributed by atoms with Crippen molar-refractivity contribution in [3.63, 3.8) is 0 Å². The molecule has 0 spiro atoms. The molecule has 88 valence electrons. The van der Waals surface area contributed by atoms with Gasteiger partial charge in [0, 0.05) is 7.11 Å². The third-order valence-corrected chi connectivity index (χ3v) is 2.54. The highest BCUT2D eigenvalue weighted by molar-refractivity contribution is 5.44. The Morgan fingerprint density at radius 2 is 1.88 bits per heavy atom. The second-order valence-corrected chi connectivity index (χ2v) is 3.95. The van der Waals surface area contributed by atoms with Crippen molar-refractivity contribution < 1.29 is 14.2 Å². The van der Waals surface area contributed by atoms with Crippen LogP contribution in [0.1, 0.15) is 11.8 Å². The van der Waals surface area contributed by atoms with Crippen LogP contribution in [0.25, 0.3) is 0 Å². The number of benzene rings is 1. The summed E-state index contributed by atoms with van der Waals surface area (Å²) in [6.07, 6.45) is -0.0594. The van der Waals surface area contributed by atoms with Crippen LogP contribution in [0.4, 0.5) is 0 Å². The Bertz CT molecular complexity index is 365. The Kier molecular flexibility index (Phi) is 3.31. The van der Waals surface area contributed by atoms with Crippen molar-refractivity contribution in [2.24, 2.45) is 0 Å². The Morgan fingerprint density at radius 1 is 1.19 bits per heavy atom. The van der Waals surface area contributed by atoms with Crippen LogP contribution in [0.2, 0.25) is 0 Å². The van der Waals surface area contributed by atoms with E-state index in [1.807, 2.05) is 37.2 Å². The van der Waals surface area contributed by atoms with Gasteiger partial charge in [-0.25, -0.2) is 0 Å². The molecule has 1 aliphatic heterocycles. The second kappa shape index (κ2) is 4.72. The van der Waals surface area contributed by atoms with Gasteiger partial charge in [-0.1, -0.05) is 6.07 Å². The fraction of sp³-hybridized carbons (Fsp3) is 0.500. The lowest BCUT2D eigenvalue weighted by atomic mass is 10.1. The van der Waals surface area contributed by atoms with Crippen molar-refractivity contribution in [2.75, 3.05) is 34.4 Å². The highest BCUT2D eigenvalue weighted by Crippen LogP contribution is 2.33. The van der Waals surface area contributed by atoms with E-state index in [1.165, 1.54) is 0 Å². The summed E-state index contributed by atoms with van der Waals surface area (Å²) in [5, 5.41) is 0. The number of methoxy groups -OCH3 is 1. The second-order valence-electron chi connectivity index (χ2n) is 3.95. The summed E-state index contributed by atoms with van der Waals surface area (Å²) in [6, 6.07) is 5.91. The van der Waals surface area contributed by atoms with Crippen molar-refractivity contribution in [3.8, 4) is 11.5 Å². The van der Waals surface area contributed by atoms with Gasteiger partial charge in [-0.2, -0.15) is 0 Å². The number of ether oxygens (including phenoxy) is 3. The topological polar surface area (TPSA) is 30.9 Å². The molecule has 1 aromatic rings. The van der Waals surface area contributed by atoms with Crippen molar-refractivity contribution in [1.82, 2.24) is 4.90 Å². The lowest BCUT2D eigenvalue weighted by Crippen LogP contribution is -2.22. The van der Waals surface area contributed by atoms with Crippen molar-refractivity contribution in [2.45, 2.75) is 6.23 Å². The molecule has 2 rings (SSSR count). The number of hydrogen-bond acceptors (Lipinski definition) is 4. The zero-order valence-electron chi connectivity index (χ0n) is 9.90. The zero-order chi connectivity index (χ0) is 11.5. The van der Waals surface area contributed by atoms with Crippen LogP contribution >= 0.6 is 0 Å². The lowest BCUT2D eigenvalue weighted by molar-refractivity contribution is -0.00571. The summed E-state index contributed by atoms with van der Waals surface area (Å²) in [6.45, 7) is 1.23. The maximum absolute atomic E-state index is 5.54. The number of fused-ring (bicyclic) bond motifs is 1. The molecule has 0 fully saturated rings. The Balaban J connectivity index is 2.28. The van der Waals surface area contributed by atoms with Crippen molar-refractivity contribution in [1.29, 1.82) is 0 Å². The van der Waals surface area contributed by atoms with Gasteiger partial charge < -0.3 is 14.2 Å². The SMILES string of the molecule is COC(c1ccc2c(c1)OCCO2)N(C)C. The quantitative estimate of drug-likeness (QED) is 0.729. The molecule has 16 heavy (non-hydrogen) atoms. The molecular weight excluding hydrogens is 206 g/mol. The molecule has 0 amide bonds. The first-order valence-electron chi connectivity index (χ1n) is 5.31. The Hall–Kier alpha value is -1.26. The van der Waals surface area contributed by atoms with Gasteiger partial charge in [0.1, 0.15) is 19.4 Å². The molecule has 1 aromatic carbocycles. The molecule has 4 nitrogen and oxygen atoms in total. The highest BCUT2D eigenvalue weighted by Gasteiger charge is 2.17. The van der Waals surface area contributed by atoms with E-state index in [0.717, 1.165) is 17.1 Å². The van der Waals surface area contributed by atoms with Gasteiger partial charge in [-0.15, -0.1) is 0 Å². The Labute approximate surface area is 95.7 Å². The third kappa shape index (κ3) is 2.13. The zero-order valence-corrected chi connectivity index (χ0v) is 9.90. The highest BCUT2D eigenvalue weighted by atomic mass is 16.6. The summed E-state index contributed by atoms with van der Waals surface area (Å²) in [4.78, 5) is 2.01. The smallest absolute Gasteiger partial charge is 0.161 e. The van der Waals surface area contributed by atoms with Crippen LogP contribution in [0.15, 0.2) is 18.2 Å². The fourth-order valence-corrected chi connectivity index (χ4v) is 1.86. The van der Waals surface area contributed by atoms with Gasteiger partial charge in [-0.05, 0) is 31.8 Å². The van der Waals surface area contributed by atoms with E-state index >= 15 is 0 Å². The molecular formula is C12H17NO3. The van der Waals surface area contributed by atoms with E-state index in [0.29, 0.717) is 13.2 Å². The molecule has 0 saturated carbocycles. The standard InChI is InChI=1S/C12H17NO3/c1-13(2)12(14-3)9-4-5-10-11(8-9)16-7-6-15-10/h4-5,8,12H,6-7H2,1-3H3.